The van der Waals surface area contributed by atoms with Crippen LogP contribution in [0.5, 0.6) is 0 Å². The lowest BCUT2D eigenvalue weighted by molar-refractivity contribution is -0.306. The maximum Gasteiger partial charge on any atom is 0.315 e. The van der Waals surface area contributed by atoms with Crippen LogP contribution >= 0.6 is 0 Å². The first-order valence-electron chi connectivity index (χ1n) is 23.9. The Morgan fingerprint density at radius 2 is 1.22 bits per heavy atom. The van der Waals surface area contributed by atoms with E-state index in [1.165, 1.54) is 20.8 Å². The van der Waals surface area contributed by atoms with Crippen LogP contribution in [-0.2, 0) is 81.0 Å². The number of carbonyl (C=O) groups is 8. The Hall–Kier alpha value is -4.58. The van der Waals surface area contributed by atoms with E-state index in [0.29, 0.717) is 44.9 Å². The molecule has 0 amide bonds. The van der Waals surface area contributed by atoms with Crippen LogP contribution in [-0.4, -0.2) is 115 Å². The van der Waals surface area contributed by atoms with Crippen molar-refractivity contribution in [1.29, 1.82) is 0 Å². The van der Waals surface area contributed by atoms with E-state index in [1.54, 1.807) is 6.92 Å². The smallest absolute Gasteiger partial charge is 0.315 e. The van der Waals surface area contributed by atoms with Crippen molar-refractivity contribution in [3.63, 3.8) is 0 Å². The van der Waals surface area contributed by atoms with Crippen molar-refractivity contribution in [2.24, 2.45) is 50.7 Å². The Morgan fingerprint density at radius 1 is 0.647 bits per heavy atom. The van der Waals surface area contributed by atoms with E-state index >= 15 is 4.79 Å². The van der Waals surface area contributed by atoms with Crippen LogP contribution < -0.4 is 0 Å². The van der Waals surface area contributed by atoms with Crippen LogP contribution in [0.25, 0.3) is 0 Å². The summed E-state index contributed by atoms with van der Waals surface area (Å²) < 4.78 is 52.4. The molecule has 1 heterocycles. The van der Waals surface area contributed by atoms with Gasteiger partial charge in [-0.05, 0) is 92.3 Å². The maximum absolute atomic E-state index is 15.4. The van der Waals surface area contributed by atoms with Gasteiger partial charge >= 0.3 is 47.8 Å². The van der Waals surface area contributed by atoms with Crippen LogP contribution in [0, 0.1) is 50.7 Å². The molecule has 1 aliphatic heterocycles. The van der Waals surface area contributed by atoms with Crippen LogP contribution in [0.3, 0.4) is 0 Å². The summed E-state index contributed by atoms with van der Waals surface area (Å²) in [6.07, 6.45) is -3.51. The third-order valence-corrected chi connectivity index (χ3v) is 17.5. The van der Waals surface area contributed by atoms with E-state index in [9.17, 15) is 38.7 Å². The molecular weight excluding hydrogens is 889 g/mol. The molecule has 6 aliphatic rings. The first-order valence-corrected chi connectivity index (χ1v) is 23.9. The third-order valence-electron chi connectivity index (χ3n) is 17.5. The molecule has 0 aromatic heterocycles. The van der Waals surface area contributed by atoms with Crippen molar-refractivity contribution in [2.75, 3.05) is 13.2 Å². The molecule has 68 heavy (non-hydrogen) atoms. The Bertz CT molecular complexity index is 2080. The standard InChI is InChI=1S/C50H72O18/c1-25-16-19-50(44(58)68-43-40(65-31(7)56)39(64-30(6)55)38(63-29(5)54)35(67-43)23-60-26(2)51)21-20-47(11)33(41(50)49(25,13)59)14-15-37-45(9)22-34(62-28(4)53)42(66-32(8)57)46(10,24-61-27(3)52)36(45)17-18-48(37,47)12/h14,25,34-43,59H,15-24H2,1-13H3/t25-,34-,35-,36-,37-,38-,39+,40-,41-,42-,43+,45+,46-,47-,48-,49-,50+/m1/s1. The van der Waals surface area contributed by atoms with Gasteiger partial charge in [-0.2, -0.15) is 0 Å². The number of ether oxygens (including phenoxy) is 9. The second kappa shape index (κ2) is 19.0. The molecule has 0 aromatic rings. The molecule has 5 fully saturated rings. The number of hydrogen-bond acceptors (Lipinski definition) is 18. The fourth-order valence-corrected chi connectivity index (χ4v) is 14.4. The fraction of sp³-hybridized carbons (Fsp3) is 0.800. The lowest BCUT2D eigenvalue weighted by atomic mass is 9.33. The van der Waals surface area contributed by atoms with E-state index in [4.69, 9.17) is 42.6 Å². The highest BCUT2D eigenvalue weighted by Crippen LogP contribution is 2.76. The zero-order chi connectivity index (χ0) is 50.7. The minimum absolute atomic E-state index is 0.0569. The van der Waals surface area contributed by atoms with Crippen LogP contribution in [0.15, 0.2) is 11.6 Å². The summed E-state index contributed by atoms with van der Waals surface area (Å²) in [5, 5.41) is 12.9. The van der Waals surface area contributed by atoms with Crippen LogP contribution in [0.2, 0.25) is 0 Å². The molecule has 1 saturated heterocycles. The average molecular weight is 961 g/mol. The lowest BCUT2D eigenvalue weighted by Crippen LogP contribution is -2.70. The third kappa shape index (κ3) is 9.16. The first kappa shape index (κ1) is 52.8. The monoisotopic (exact) mass is 960 g/mol. The first-order chi connectivity index (χ1) is 31.5. The molecule has 0 spiro atoms. The van der Waals surface area contributed by atoms with Gasteiger partial charge in [-0.1, -0.05) is 46.3 Å². The minimum atomic E-state index is -1.75. The number of allylic oxidation sites excluding steroid dienone is 1. The van der Waals surface area contributed by atoms with E-state index in [-0.39, 0.29) is 30.8 Å². The number of aliphatic hydroxyl groups is 1. The Labute approximate surface area is 398 Å². The molecule has 1 N–H and O–H groups in total. The van der Waals surface area contributed by atoms with Crippen molar-refractivity contribution in [3.8, 4) is 0 Å². The molecule has 6 rings (SSSR count). The van der Waals surface area contributed by atoms with Gasteiger partial charge < -0.3 is 47.7 Å². The molecule has 380 valence electrons. The maximum atomic E-state index is 15.4. The Balaban J connectivity index is 1.43. The van der Waals surface area contributed by atoms with Gasteiger partial charge in [0.25, 0.3) is 0 Å². The van der Waals surface area contributed by atoms with Crippen molar-refractivity contribution in [1.82, 2.24) is 0 Å². The van der Waals surface area contributed by atoms with E-state index in [1.807, 2.05) is 13.8 Å². The summed E-state index contributed by atoms with van der Waals surface area (Å²) in [6, 6.07) is 0. The van der Waals surface area contributed by atoms with Crippen molar-refractivity contribution in [3.05, 3.63) is 11.6 Å². The largest absolute Gasteiger partial charge is 0.465 e. The molecule has 18 nitrogen and oxygen atoms in total. The Morgan fingerprint density at radius 3 is 1.79 bits per heavy atom. The van der Waals surface area contributed by atoms with Crippen molar-refractivity contribution in [2.45, 2.75) is 190 Å². The molecule has 0 aromatic carbocycles. The molecule has 4 saturated carbocycles. The number of hydrogen-bond donors (Lipinski definition) is 1. The zero-order valence-electron chi connectivity index (χ0n) is 41.9. The van der Waals surface area contributed by atoms with Crippen LogP contribution in [0.4, 0.5) is 0 Å². The van der Waals surface area contributed by atoms with E-state index in [2.05, 4.69) is 26.8 Å². The summed E-state index contributed by atoms with van der Waals surface area (Å²) in [6.45, 7) is 20.2. The second-order valence-electron chi connectivity index (χ2n) is 21.7. The number of carbonyl (C=O) groups excluding carboxylic acids is 8. The molecule has 0 radical (unpaired) electrons. The summed E-state index contributed by atoms with van der Waals surface area (Å²) >= 11 is 0. The van der Waals surface area contributed by atoms with Gasteiger partial charge in [-0.3, -0.25) is 38.4 Å². The van der Waals surface area contributed by atoms with Gasteiger partial charge in [0.05, 0.1) is 11.0 Å². The molecule has 0 bridgehead atoms. The molecule has 18 heteroatoms. The van der Waals surface area contributed by atoms with E-state index in [0.717, 1.165) is 33.3 Å². The Kier molecular flexibility index (Phi) is 14.7. The van der Waals surface area contributed by atoms with Crippen LogP contribution in [0.1, 0.15) is 141 Å². The predicted octanol–water partition coefficient (Wildman–Crippen LogP) is 5.40. The molecule has 0 unspecified atom stereocenters. The van der Waals surface area contributed by atoms with Gasteiger partial charge in [-0.15, -0.1) is 0 Å². The zero-order valence-corrected chi connectivity index (χ0v) is 41.9. The highest BCUT2D eigenvalue weighted by Gasteiger charge is 2.73. The lowest BCUT2D eigenvalue weighted by Gasteiger charge is -2.72. The van der Waals surface area contributed by atoms with Gasteiger partial charge in [0.1, 0.15) is 31.5 Å². The van der Waals surface area contributed by atoms with Gasteiger partial charge in [0.2, 0.25) is 12.4 Å². The van der Waals surface area contributed by atoms with Gasteiger partial charge in [0.15, 0.2) is 12.2 Å². The number of esters is 8. The second-order valence-corrected chi connectivity index (χ2v) is 21.7. The van der Waals surface area contributed by atoms with E-state index < -0.39 is 136 Å². The summed E-state index contributed by atoms with van der Waals surface area (Å²) in [5.41, 5.74) is -4.44. The minimum Gasteiger partial charge on any atom is -0.465 e. The molecule has 17 atom stereocenters. The molecular formula is C50H72O18. The number of rotatable bonds is 11. The summed E-state index contributed by atoms with van der Waals surface area (Å²) in [7, 11) is 0. The van der Waals surface area contributed by atoms with Crippen molar-refractivity contribution >= 4 is 47.8 Å². The van der Waals surface area contributed by atoms with Gasteiger partial charge in [0, 0.05) is 59.8 Å². The quantitative estimate of drug-likeness (QED) is 0.155. The average Bonchev–Trinajstić information content (AvgIpc) is 3.20. The topological polar surface area (TPSA) is 240 Å². The summed E-state index contributed by atoms with van der Waals surface area (Å²) in [5.74, 6) is -6.75. The number of fused-ring (bicyclic) bond motifs is 7. The molecule has 5 aliphatic carbocycles. The predicted molar refractivity (Wildman–Crippen MR) is 236 cm³/mol. The highest BCUT2D eigenvalue weighted by atomic mass is 16.7. The highest BCUT2D eigenvalue weighted by molar-refractivity contribution is 5.79. The van der Waals surface area contributed by atoms with Crippen molar-refractivity contribution < 1.29 is 86.1 Å². The normalized spacial score (nSPS) is 42.6. The van der Waals surface area contributed by atoms with Gasteiger partial charge in [-0.25, -0.2) is 0 Å². The summed E-state index contributed by atoms with van der Waals surface area (Å²) in [4.78, 5) is 103. The SMILES string of the molecule is CC(=O)OC[C@H]1O[C@@H](OC(=O)[C@]23CC[C@@H](C)[C@@](C)(O)[C@H]2C2=CC[C@@H]4[C@@]5(C)C[C@@H](OC(C)=O)[C@@H](OC(C)=O)[C@](C)(COC(C)=O)[C@@H]5CC[C@@]4(C)[C@]2(C)CC3)[C@H](OC(C)=O)[C@@H](OC(C)=O)[C@@H]1OC(C)=O. The fourth-order valence-electron chi connectivity index (χ4n) is 14.4.